The van der Waals surface area contributed by atoms with E-state index in [1.54, 1.807) is 0 Å². The molecule has 88 valence electrons. The molecule has 0 aliphatic carbocycles. The van der Waals surface area contributed by atoms with Crippen molar-refractivity contribution >= 4 is 24.3 Å². The highest BCUT2D eigenvalue weighted by Crippen LogP contribution is 2.05. The molecule has 0 spiro atoms. The number of esters is 1. The molecule has 0 saturated carbocycles. The zero-order valence-electron chi connectivity index (χ0n) is 9.03. The second-order valence-corrected chi connectivity index (χ2v) is 3.59. The average Bonchev–Trinajstić information content (AvgIpc) is 2.28. The minimum Gasteiger partial charge on any atom is -0.461 e. The molecule has 0 bridgehead atoms. The third-order valence-corrected chi connectivity index (χ3v) is 1.89. The van der Waals surface area contributed by atoms with Crippen LogP contribution in [0, 0.1) is 0 Å². The van der Waals surface area contributed by atoms with E-state index in [0.717, 1.165) is 12.8 Å². The molecule has 1 atom stereocenters. The Morgan fingerprint density at radius 3 is 2.93 bits per heavy atom. The van der Waals surface area contributed by atoms with Gasteiger partial charge in [0.15, 0.2) is 5.96 Å². The number of carbonyl (C=O) groups is 1. The first-order valence-corrected chi connectivity index (χ1v) is 4.86. The van der Waals surface area contributed by atoms with Gasteiger partial charge in [-0.1, -0.05) is 0 Å². The van der Waals surface area contributed by atoms with E-state index in [9.17, 15) is 4.79 Å². The van der Waals surface area contributed by atoms with Crippen molar-refractivity contribution in [1.29, 1.82) is 0 Å². The van der Waals surface area contributed by atoms with Crippen molar-refractivity contribution in [1.82, 2.24) is 5.32 Å². The summed E-state index contributed by atoms with van der Waals surface area (Å²) in [4.78, 5) is 15.5. The summed E-state index contributed by atoms with van der Waals surface area (Å²) < 4.78 is 5.08. The SMILES string of the molecule is CC(C)OC(=O)C1CCCN=C(N)N1.Cl. The molecule has 1 aliphatic rings. The molecule has 0 saturated heterocycles. The number of hydrogen-bond donors (Lipinski definition) is 2. The van der Waals surface area contributed by atoms with Gasteiger partial charge in [-0.2, -0.15) is 0 Å². The lowest BCUT2D eigenvalue weighted by Gasteiger charge is -2.17. The Kier molecular flexibility index (Phi) is 6.08. The largest absolute Gasteiger partial charge is 0.461 e. The predicted octanol–water partition coefficient (Wildman–Crippen LogP) is 0.427. The number of carbonyl (C=O) groups excluding carboxylic acids is 1. The molecule has 1 unspecified atom stereocenters. The fourth-order valence-corrected chi connectivity index (χ4v) is 1.28. The number of ether oxygens (including phenoxy) is 1. The number of hydrogen-bond acceptors (Lipinski definition) is 5. The van der Waals surface area contributed by atoms with Crippen LogP contribution in [0.1, 0.15) is 26.7 Å². The summed E-state index contributed by atoms with van der Waals surface area (Å²) in [5.74, 6) is 0.0771. The molecule has 1 rings (SSSR count). The van der Waals surface area contributed by atoms with Crippen LogP contribution in [-0.2, 0) is 9.53 Å². The molecule has 0 amide bonds. The predicted molar refractivity (Wildman–Crippen MR) is 61.1 cm³/mol. The number of nitrogens with zero attached hydrogens (tertiary/aromatic N) is 1. The molecular formula is C9H18ClN3O2. The van der Waals surface area contributed by atoms with Crippen LogP contribution in [-0.4, -0.2) is 30.6 Å². The van der Waals surface area contributed by atoms with Gasteiger partial charge in [-0.3, -0.25) is 4.99 Å². The van der Waals surface area contributed by atoms with Gasteiger partial charge < -0.3 is 15.8 Å². The lowest BCUT2D eigenvalue weighted by atomic mass is 10.1. The van der Waals surface area contributed by atoms with Crippen LogP contribution in [0.25, 0.3) is 0 Å². The highest BCUT2D eigenvalue weighted by Gasteiger charge is 2.22. The van der Waals surface area contributed by atoms with Crippen LogP contribution in [0.15, 0.2) is 4.99 Å². The highest BCUT2D eigenvalue weighted by molar-refractivity contribution is 5.86. The van der Waals surface area contributed by atoms with E-state index < -0.39 is 0 Å². The molecule has 6 heteroatoms. The molecule has 1 heterocycles. The van der Waals surface area contributed by atoms with Gasteiger partial charge in [0.05, 0.1) is 6.10 Å². The van der Waals surface area contributed by atoms with Crippen molar-refractivity contribution in [3.05, 3.63) is 0 Å². The monoisotopic (exact) mass is 235 g/mol. The normalized spacial score (nSPS) is 20.7. The first-order chi connectivity index (χ1) is 6.59. The van der Waals surface area contributed by atoms with Gasteiger partial charge in [0.2, 0.25) is 0 Å². The van der Waals surface area contributed by atoms with Gasteiger partial charge in [0.25, 0.3) is 0 Å². The smallest absolute Gasteiger partial charge is 0.328 e. The summed E-state index contributed by atoms with van der Waals surface area (Å²) in [6.45, 7) is 4.32. The lowest BCUT2D eigenvalue weighted by Crippen LogP contribution is -2.44. The minimum absolute atomic E-state index is 0. The second-order valence-electron chi connectivity index (χ2n) is 3.59. The van der Waals surface area contributed by atoms with E-state index in [2.05, 4.69) is 10.3 Å². The molecular weight excluding hydrogens is 218 g/mol. The number of aliphatic imine (C=N–C) groups is 1. The van der Waals surface area contributed by atoms with Crippen LogP contribution >= 0.6 is 12.4 Å². The van der Waals surface area contributed by atoms with Crippen LogP contribution in [0.5, 0.6) is 0 Å². The topological polar surface area (TPSA) is 76.7 Å². The number of halogens is 1. The molecule has 0 fully saturated rings. The zero-order chi connectivity index (χ0) is 10.6. The van der Waals surface area contributed by atoms with Crippen molar-refractivity contribution in [2.45, 2.75) is 38.8 Å². The standard InChI is InChI=1S/C9H17N3O2.ClH/c1-6(2)14-8(13)7-4-3-5-11-9(10)12-7;/h6-7H,3-5H2,1-2H3,(H3,10,11,12);1H. The fourth-order valence-electron chi connectivity index (χ4n) is 1.28. The Labute approximate surface area is 95.9 Å². The molecule has 0 radical (unpaired) electrons. The zero-order valence-corrected chi connectivity index (χ0v) is 9.84. The first-order valence-electron chi connectivity index (χ1n) is 4.86. The van der Waals surface area contributed by atoms with Crippen molar-refractivity contribution in [2.24, 2.45) is 10.7 Å². The highest BCUT2D eigenvalue weighted by atomic mass is 35.5. The van der Waals surface area contributed by atoms with Crippen LogP contribution in [0.2, 0.25) is 0 Å². The maximum Gasteiger partial charge on any atom is 0.328 e. The molecule has 0 aromatic heterocycles. The Balaban J connectivity index is 0.00000196. The molecule has 3 N–H and O–H groups in total. The summed E-state index contributed by atoms with van der Waals surface area (Å²) >= 11 is 0. The van der Waals surface area contributed by atoms with Gasteiger partial charge in [0, 0.05) is 6.54 Å². The Morgan fingerprint density at radius 1 is 1.67 bits per heavy atom. The Morgan fingerprint density at radius 2 is 2.33 bits per heavy atom. The summed E-state index contributed by atoms with van der Waals surface area (Å²) in [5.41, 5.74) is 5.52. The van der Waals surface area contributed by atoms with Crippen LogP contribution in [0.3, 0.4) is 0 Å². The van der Waals surface area contributed by atoms with E-state index in [4.69, 9.17) is 10.5 Å². The van der Waals surface area contributed by atoms with Gasteiger partial charge in [-0.25, -0.2) is 4.79 Å². The molecule has 1 aliphatic heterocycles. The van der Waals surface area contributed by atoms with Crippen molar-refractivity contribution in [3.8, 4) is 0 Å². The van der Waals surface area contributed by atoms with E-state index in [1.807, 2.05) is 13.8 Å². The molecule has 0 aromatic carbocycles. The van der Waals surface area contributed by atoms with Crippen molar-refractivity contribution in [3.63, 3.8) is 0 Å². The first kappa shape index (κ1) is 14.0. The van der Waals surface area contributed by atoms with Crippen molar-refractivity contribution < 1.29 is 9.53 Å². The number of nitrogens with one attached hydrogen (secondary N) is 1. The van der Waals surface area contributed by atoms with E-state index >= 15 is 0 Å². The van der Waals surface area contributed by atoms with Gasteiger partial charge in [-0.15, -0.1) is 12.4 Å². The van der Waals surface area contributed by atoms with Gasteiger partial charge in [-0.05, 0) is 26.7 Å². The van der Waals surface area contributed by atoms with E-state index in [-0.39, 0.29) is 30.5 Å². The average molecular weight is 236 g/mol. The van der Waals surface area contributed by atoms with Crippen LogP contribution in [0.4, 0.5) is 0 Å². The molecule has 15 heavy (non-hydrogen) atoms. The fraction of sp³-hybridized carbons (Fsp3) is 0.778. The quantitative estimate of drug-likeness (QED) is 0.681. The summed E-state index contributed by atoms with van der Waals surface area (Å²) in [6.07, 6.45) is 1.48. The number of nitrogens with two attached hydrogens (primary N) is 1. The maximum atomic E-state index is 11.5. The van der Waals surface area contributed by atoms with E-state index in [0.29, 0.717) is 12.5 Å². The third kappa shape index (κ3) is 4.88. The minimum atomic E-state index is -0.344. The number of rotatable bonds is 2. The van der Waals surface area contributed by atoms with Gasteiger partial charge in [0.1, 0.15) is 6.04 Å². The summed E-state index contributed by atoms with van der Waals surface area (Å²) in [5, 5.41) is 2.84. The Bertz CT molecular complexity index is 244. The molecule has 5 nitrogen and oxygen atoms in total. The number of guanidine groups is 1. The second kappa shape index (κ2) is 6.50. The molecule has 0 aromatic rings. The van der Waals surface area contributed by atoms with Crippen LogP contribution < -0.4 is 11.1 Å². The summed E-state index contributed by atoms with van der Waals surface area (Å²) in [7, 11) is 0. The lowest BCUT2D eigenvalue weighted by molar-refractivity contribution is -0.149. The van der Waals surface area contributed by atoms with Gasteiger partial charge >= 0.3 is 5.97 Å². The third-order valence-electron chi connectivity index (χ3n) is 1.89. The summed E-state index contributed by atoms with van der Waals surface area (Å²) in [6, 6.07) is -0.344. The van der Waals surface area contributed by atoms with E-state index in [1.165, 1.54) is 0 Å². The Hall–Kier alpha value is -0.970. The maximum absolute atomic E-state index is 11.5. The van der Waals surface area contributed by atoms with Crippen molar-refractivity contribution in [2.75, 3.05) is 6.54 Å².